The summed E-state index contributed by atoms with van der Waals surface area (Å²) in [5.74, 6) is -2.33. The first kappa shape index (κ1) is 19.0. The summed E-state index contributed by atoms with van der Waals surface area (Å²) >= 11 is 0. The van der Waals surface area contributed by atoms with Crippen LogP contribution < -0.4 is 10.1 Å². The Morgan fingerprint density at radius 2 is 2.00 bits per heavy atom. The van der Waals surface area contributed by atoms with Crippen molar-refractivity contribution in [2.45, 2.75) is 43.1 Å². The van der Waals surface area contributed by atoms with Gasteiger partial charge in [-0.15, -0.1) is 0 Å². The summed E-state index contributed by atoms with van der Waals surface area (Å²) < 4.78 is 5.74. The Morgan fingerprint density at radius 1 is 1.25 bits per heavy atom. The maximum atomic E-state index is 12.3. The molecule has 0 aromatic heterocycles. The monoisotopic (exact) mass is 390 g/mol. The van der Waals surface area contributed by atoms with Gasteiger partial charge in [-0.05, 0) is 43.4 Å². The zero-order valence-electron chi connectivity index (χ0n) is 15.2. The number of benzene rings is 1. The van der Waals surface area contributed by atoms with Crippen LogP contribution in [0.4, 0.5) is 0 Å². The Labute approximate surface area is 162 Å². The summed E-state index contributed by atoms with van der Waals surface area (Å²) in [6, 6.07) is 2.90. The molecule has 1 saturated carbocycles. The highest BCUT2D eigenvalue weighted by Gasteiger charge is 2.48. The Balaban J connectivity index is 1.43. The Bertz CT molecular complexity index is 790. The van der Waals surface area contributed by atoms with Crippen molar-refractivity contribution in [1.29, 1.82) is 0 Å². The largest absolute Gasteiger partial charge is 0.507 e. The number of ether oxygens (including phenoxy) is 1. The maximum Gasteiger partial charge on any atom is 0.455 e. The van der Waals surface area contributed by atoms with E-state index in [9.17, 15) is 29.9 Å². The number of carboxylic acid groups (broad SMARTS) is 1. The first-order valence-electron chi connectivity index (χ1n) is 9.51. The maximum absolute atomic E-state index is 12.3. The van der Waals surface area contributed by atoms with Crippen LogP contribution >= 0.6 is 0 Å². The number of hydrogen-bond donors (Lipinski definition) is 5. The first-order valence-corrected chi connectivity index (χ1v) is 9.51. The molecule has 3 fully saturated rings. The van der Waals surface area contributed by atoms with Crippen molar-refractivity contribution in [2.75, 3.05) is 19.6 Å². The van der Waals surface area contributed by atoms with E-state index in [1.54, 1.807) is 11.0 Å². The molecule has 28 heavy (non-hydrogen) atoms. The van der Waals surface area contributed by atoms with Crippen molar-refractivity contribution in [3.05, 3.63) is 23.3 Å². The molecule has 2 saturated heterocycles. The zero-order valence-corrected chi connectivity index (χ0v) is 15.2. The van der Waals surface area contributed by atoms with Crippen LogP contribution in [0.2, 0.25) is 5.82 Å². The number of aromatic carboxylic acids is 1. The van der Waals surface area contributed by atoms with Crippen molar-refractivity contribution < 1.29 is 34.6 Å². The number of nitrogens with one attached hydrogen (secondary N) is 1. The van der Waals surface area contributed by atoms with Gasteiger partial charge < -0.3 is 35.2 Å². The summed E-state index contributed by atoms with van der Waals surface area (Å²) in [5, 5.41) is 41.6. The molecule has 10 heteroatoms. The predicted octanol–water partition coefficient (Wildman–Crippen LogP) is -0.238. The highest BCUT2D eigenvalue weighted by Crippen LogP contribution is 2.56. The molecular weight excluding hydrogens is 367 g/mol. The third-order valence-electron chi connectivity index (χ3n) is 5.82. The molecule has 0 unspecified atom stereocenters. The van der Waals surface area contributed by atoms with Crippen LogP contribution in [0.3, 0.4) is 0 Å². The summed E-state index contributed by atoms with van der Waals surface area (Å²) in [4.78, 5) is 25.7. The van der Waals surface area contributed by atoms with Gasteiger partial charge in [0, 0.05) is 5.82 Å². The molecule has 150 valence electrons. The molecule has 0 radical (unpaired) electrons. The Morgan fingerprint density at radius 3 is 2.57 bits per heavy atom. The van der Waals surface area contributed by atoms with E-state index < -0.39 is 24.7 Å². The molecule has 3 aliphatic rings. The second kappa shape index (κ2) is 7.27. The summed E-state index contributed by atoms with van der Waals surface area (Å²) in [6.45, 7) is 1.59. The lowest BCUT2D eigenvalue weighted by atomic mass is 9.81. The lowest BCUT2D eigenvalue weighted by molar-refractivity contribution is -0.141. The van der Waals surface area contributed by atoms with Gasteiger partial charge in [-0.25, -0.2) is 4.79 Å². The fourth-order valence-electron chi connectivity index (χ4n) is 4.08. The van der Waals surface area contributed by atoms with Gasteiger partial charge in [-0.3, -0.25) is 4.79 Å². The third-order valence-corrected chi connectivity index (χ3v) is 5.82. The van der Waals surface area contributed by atoms with E-state index in [4.69, 9.17) is 4.74 Å². The highest BCUT2D eigenvalue weighted by atomic mass is 16.5. The lowest BCUT2D eigenvalue weighted by Crippen LogP contribution is -2.59. The molecule has 1 aromatic rings. The van der Waals surface area contributed by atoms with E-state index >= 15 is 0 Å². The number of likely N-dealkylation sites (tertiary alicyclic amines) is 1. The van der Waals surface area contributed by atoms with Crippen molar-refractivity contribution >= 4 is 19.0 Å². The molecular formula is C18H23BN2O7. The minimum Gasteiger partial charge on any atom is -0.507 e. The van der Waals surface area contributed by atoms with Crippen LogP contribution in [0, 0.1) is 0 Å². The van der Waals surface area contributed by atoms with E-state index in [0.29, 0.717) is 25.1 Å². The second-order valence-corrected chi connectivity index (χ2v) is 7.73. The van der Waals surface area contributed by atoms with Gasteiger partial charge in [-0.1, -0.05) is 6.07 Å². The number of phenols is 1. The lowest BCUT2D eigenvalue weighted by Gasteiger charge is -2.40. The van der Waals surface area contributed by atoms with Crippen LogP contribution in [-0.2, 0) is 4.79 Å². The fraction of sp³-hybridized carbons (Fsp3) is 0.556. The van der Waals surface area contributed by atoms with Crippen LogP contribution in [0.1, 0.15) is 41.1 Å². The smallest absolute Gasteiger partial charge is 0.455 e. The molecule has 0 bridgehead atoms. The van der Waals surface area contributed by atoms with E-state index in [1.165, 1.54) is 6.07 Å². The zero-order chi connectivity index (χ0) is 20.0. The van der Waals surface area contributed by atoms with Crippen molar-refractivity contribution in [3.8, 4) is 11.5 Å². The molecule has 1 aliphatic carbocycles. The van der Waals surface area contributed by atoms with E-state index in [0.717, 1.165) is 19.4 Å². The van der Waals surface area contributed by atoms with Crippen LogP contribution in [-0.4, -0.2) is 75.9 Å². The molecule has 5 N–H and O–H groups in total. The number of rotatable bonds is 6. The average Bonchev–Trinajstić information content (AvgIpc) is 3.21. The number of amides is 1. The summed E-state index contributed by atoms with van der Waals surface area (Å²) in [7, 11) is -1.50. The van der Waals surface area contributed by atoms with Gasteiger partial charge in [0.15, 0.2) is 0 Å². The highest BCUT2D eigenvalue weighted by molar-refractivity contribution is 6.44. The molecule has 3 atom stereocenters. The minimum atomic E-state index is -1.50. The second-order valence-electron chi connectivity index (χ2n) is 7.73. The minimum absolute atomic E-state index is 0.0383. The van der Waals surface area contributed by atoms with Crippen LogP contribution in [0.5, 0.6) is 11.5 Å². The van der Waals surface area contributed by atoms with Gasteiger partial charge in [0.2, 0.25) is 5.91 Å². The number of nitrogens with zero attached hydrogens (tertiary/aromatic N) is 1. The number of aromatic hydroxyl groups is 1. The fourth-order valence-corrected chi connectivity index (χ4v) is 4.08. The SMILES string of the molecule is O=C(O)c1c(OC2CN(C(=O)[C@H]3CCCN3)C2)ccc([C@@H]2C[C@@H]2B(O)O)c1O. The molecule has 2 aliphatic heterocycles. The normalized spacial score (nSPS) is 26.6. The van der Waals surface area contributed by atoms with Crippen molar-refractivity contribution in [2.24, 2.45) is 0 Å². The van der Waals surface area contributed by atoms with Gasteiger partial charge in [-0.2, -0.15) is 0 Å². The quantitative estimate of drug-likeness (QED) is 0.420. The number of carboxylic acids is 1. The van der Waals surface area contributed by atoms with Crippen molar-refractivity contribution in [3.63, 3.8) is 0 Å². The summed E-state index contributed by atoms with van der Waals surface area (Å²) in [6.07, 6.45) is 1.94. The standard InChI is InChI=1S/C18H23BN2O7/c22-16-10(11-6-12(11)19(26)27)3-4-14(15(16)18(24)25)28-9-7-21(8-9)17(23)13-2-1-5-20-13/h3-4,9,11-13,20,22,26-27H,1-2,5-8H2,(H,24,25)/t11-,12-,13+/m0/s1. The molecule has 2 heterocycles. The molecule has 4 rings (SSSR count). The Hall–Kier alpha value is -2.30. The van der Waals surface area contributed by atoms with E-state index in [2.05, 4.69) is 5.32 Å². The molecule has 1 amide bonds. The van der Waals surface area contributed by atoms with Gasteiger partial charge in [0.25, 0.3) is 0 Å². The summed E-state index contributed by atoms with van der Waals surface area (Å²) in [5.41, 5.74) is 0.0402. The molecule has 1 aromatic carbocycles. The first-order chi connectivity index (χ1) is 13.4. The molecule has 9 nitrogen and oxygen atoms in total. The molecule has 0 spiro atoms. The topological polar surface area (TPSA) is 140 Å². The van der Waals surface area contributed by atoms with Crippen LogP contribution in [0.15, 0.2) is 12.1 Å². The van der Waals surface area contributed by atoms with Gasteiger partial charge >= 0.3 is 13.1 Å². The number of carbonyl (C=O) groups excluding carboxylic acids is 1. The number of hydrogen-bond acceptors (Lipinski definition) is 7. The number of carbonyl (C=O) groups is 2. The van der Waals surface area contributed by atoms with Gasteiger partial charge in [0.1, 0.15) is 23.2 Å². The predicted molar refractivity (Wildman–Crippen MR) is 98.4 cm³/mol. The average molecular weight is 390 g/mol. The third kappa shape index (κ3) is 3.43. The van der Waals surface area contributed by atoms with E-state index in [-0.39, 0.29) is 35.3 Å². The van der Waals surface area contributed by atoms with E-state index in [1.807, 2.05) is 0 Å². The van der Waals surface area contributed by atoms with Gasteiger partial charge in [0.05, 0.1) is 19.1 Å². The van der Waals surface area contributed by atoms with Crippen LogP contribution in [0.25, 0.3) is 0 Å². The van der Waals surface area contributed by atoms with Crippen molar-refractivity contribution in [1.82, 2.24) is 10.2 Å². The Kier molecular flexibility index (Phi) is 4.94.